The fourth-order valence-electron chi connectivity index (χ4n) is 3.88. The molecule has 6 aromatic rings. The second kappa shape index (κ2) is 9.70. The van der Waals surface area contributed by atoms with E-state index in [0.717, 1.165) is 27.7 Å². The maximum absolute atomic E-state index is 12.5. The summed E-state index contributed by atoms with van der Waals surface area (Å²) < 4.78 is 7.33. The number of rotatable bonds is 6. The van der Waals surface area contributed by atoms with Gasteiger partial charge in [0.05, 0.1) is 22.9 Å². The molecule has 0 radical (unpaired) electrons. The molecule has 0 aliphatic rings. The highest BCUT2D eigenvalue weighted by molar-refractivity contribution is 5.89. The van der Waals surface area contributed by atoms with Crippen molar-refractivity contribution < 1.29 is 9.32 Å². The summed E-state index contributed by atoms with van der Waals surface area (Å²) in [7, 11) is 0. The Morgan fingerprint density at radius 3 is 2.68 bits per heavy atom. The quantitative estimate of drug-likeness (QED) is 0.343. The number of anilines is 1. The molecule has 0 aliphatic carbocycles. The summed E-state index contributed by atoms with van der Waals surface area (Å²) in [5.74, 6) is 1.60. The molecule has 2 aromatic carbocycles. The molecular weight excluding hydrogens is 468 g/mol. The van der Waals surface area contributed by atoms with Gasteiger partial charge in [-0.3, -0.25) is 9.55 Å². The van der Waals surface area contributed by atoms with Crippen LogP contribution in [0.4, 0.5) is 10.5 Å². The smallest absolute Gasteiger partial charge is 0.319 e. The number of amides is 2. The van der Waals surface area contributed by atoms with Crippen LogP contribution in [-0.4, -0.2) is 35.7 Å². The molecule has 0 saturated heterocycles. The van der Waals surface area contributed by atoms with Gasteiger partial charge in [-0.05, 0) is 54.1 Å². The number of aromatic nitrogens is 6. The number of carbonyl (C=O) groups excluding carboxylic acids is 1. The molecule has 2 N–H and O–H groups in total. The molecule has 0 atom stereocenters. The first-order valence-electron chi connectivity index (χ1n) is 11.5. The predicted octanol–water partition coefficient (Wildman–Crippen LogP) is 4.85. The minimum atomic E-state index is -0.342. The molecule has 2 amide bonds. The van der Waals surface area contributed by atoms with E-state index in [0.29, 0.717) is 29.8 Å². The van der Waals surface area contributed by atoms with Crippen molar-refractivity contribution in [1.82, 2.24) is 35.0 Å². The van der Waals surface area contributed by atoms with Crippen molar-refractivity contribution in [2.45, 2.75) is 6.54 Å². The van der Waals surface area contributed by atoms with Gasteiger partial charge in [0.15, 0.2) is 0 Å². The van der Waals surface area contributed by atoms with E-state index in [4.69, 9.17) is 4.52 Å². The van der Waals surface area contributed by atoms with Crippen molar-refractivity contribution in [1.29, 1.82) is 0 Å². The number of pyridine rings is 2. The number of hydrogen-bond donors (Lipinski definition) is 2. The second-order valence-electron chi connectivity index (χ2n) is 8.18. The lowest BCUT2D eigenvalue weighted by atomic mass is 10.1. The molecule has 37 heavy (non-hydrogen) atoms. The van der Waals surface area contributed by atoms with Crippen LogP contribution in [0.15, 0.2) is 102 Å². The lowest BCUT2D eigenvalue weighted by Crippen LogP contribution is -2.28. The summed E-state index contributed by atoms with van der Waals surface area (Å²) in [6.07, 6.45) is 6.69. The maximum Gasteiger partial charge on any atom is 0.319 e. The molecule has 6 rings (SSSR count). The number of hydrogen-bond acceptors (Lipinski definition) is 7. The number of nitrogens with one attached hydrogen (secondary N) is 2. The number of imidazole rings is 1. The number of benzene rings is 2. The van der Waals surface area contributed by atoms with Gasteiger partial charge in [0.2, 0.25) is 5.82 Å². The predicted molar refractivity (Wildman–Crippen MR) is 138 cm³/mol. The average Bonchev–Trinajstić information content (AvgIpc) is 3.61. The van der Waals surface area contributed by atoms with Gasteiger partial charge in [0, 0.05) is 30.1 Å². The number of urea groups is 1. The first-order valence-corrected chi connectivity index (χ1v) is 11.5. The third kappa shape index (κ3) is 4.76. The molecule has 0 unspecified atom stereocenters. The molecule has 10 heteroatoms. The lowest BCUT2D eigenvalue weighted by molar-refractivity contribution is 0.251. The van der Waals surface area contributed by atoms with Crippen LogP contribution in [0.5, 0.6) is 0 Å². The Labute approximate surface area is 211 Å². The van der Waals surface area contributed by atoms with Gasteiger partial charge in [-0.15, -0.1) is 0 Å². The Morgan fingerprint density at radius 2 is 1.81 bits per heavy atom. The minimum Gasteiger partial charge on any atom is -0.334 e. The molecule has 0 saturated carbocycles. The summed E-state index contributed by atoms with van der Waals surface area (Å²) >= 11 is 0. The van der Waals surface area contributed by atoms with Crippen LogP contribution in [0.1, 0.15) is 5.56 Å². The zero-order valence-electron chi connectivity index (χ0n) is 19.4. The Morgan fingerprint density at radius 1 is 0.919 bits per heavy atom. The lowest BCUT2D eigenvalue weighted by Gasteiger charge is -2.09. The van der Waals surface area contributed by atoms with Gasteiger partial charge in [-0.25, -0.2) is 14.8 Å². The molecule has 180 valence electrons. The normalized spacial score (nSPS) is 10.9. The highest BCUT2D eigenvalue weighted by Crippen LogP contribution is 2.23. The van der Waals surface area contributed by atoms with Crippen LogP contribution in [-0.2, 0) is 6.54 Å². The molecule has 10 nitrogen and oxygen atoms in total. The third-order valence-electron chi connectivity index (χ3n) is 5.70. The molecule has 0 spiro atoms. The van der Waals surface area contributed by atoms with E-state index in [-0.39, 0.29) is 6.03 Å². The number of fused-ring (bicyclic) bond motifs is 1. The van der Waals surface area contributed by atoms with Crippen molar-refractivity contribution in [3.63, 3.8) is 0 Å². The zero-order chi connectivity index (χ0) is 25.0. The number of nitrogens with zero attached hydrogens (tertiary/aromatic N) is 6. The van der Waals surface area contributed by atoms with Gasteiger partial charge in [-0.1, -0.05) is 29.4 Å². The largest absolute Gasteiger partial charge is 0.334 e. The Hall–Kier alpha value is -5.38. The zero-order valence-corrected chi connectivity index (χ0v) is 19.4. The van der Waals surface area contributed by atoms with Crippen LogP contribution in [0, 0.1) is 0 Å². The molecule has 4 aromatic heterocycles. The van der Waals surface area contributed by atoms with Crippen molar-refractivity contribution >= 4 is 22.8 Å². The average molecular weight is 489 g/mol. The molecule has 0 aliphatic heterocycles. The number of para-hydroxylation sites is 2. The van der Waals surface area contributed by atoms with Crippen LogP contribution >= 0.6 is 0 Å². The Kier molecular flexibility index (Phi) is 5.80. The van der Waals surface area contributed by atoms with Crippen molar-refractivity contribution in [3.05, 3.63) is 103 Å². The fourth-order valence-corrected chi connectivity index (χ4v) is 3.88. The monoisotopic (exact) mass is 488 g/mol. The molecule has 0 fully saturated rings. The third-order valence-corrected chi connectivity index (χ3v) is 5.70. The van der Waals surface area contributed by atoms with Crippen LogP contribution in [0.25, 0.3) is 39.7 Å². The second-order valence-corrected chi connectivity index (χ2v) is 8.18. The maximum atomic E-state index is 12.5. The SMILES string of the molecule is O=C(NCc1cccc(-c2nc(-c3ccncc3)no2)c1)Nc1ccc(-n2cnc3ccccc32)nc1. The standard InChI is InChI=1S/C27H20N8O2/c36-27(32-21-8-9-24(29-16-21)35-17-31-22-6-1-2-7-23(22)35)30-15-18-4-3-5-20(14-18)26-33-25(34-37-26)19-10-12-28-13-11-19/h1-14,16-17H,15H2,(H2,30,32,36). The first-order chi connectivity index (χ1) is 18.2. The van der Waals surface area contributed by atoms with E-state index in [1.165, 1.54) is 0 Å². The van der Waals surface area contributed by atoms with Crippen LogP contribution in [0.2, 0.25) is 0 Å². The van der Waals surface area contributed by atoms with Gasteiger partial charge in [0.25, 0.3) is 5.89 Å². The van der Waals surface area contributed by atoms with Crippen molar-refractivity contribution in [2.24, 2.45) is 0 Å². The van der Waals surface area contributed by atoms with E-state index in [9.17, 15) is 4.79 Å². The molecule has 4 heterocycles. The summed E-state index contributed by atoms with van der Waals surface area (Å²) in [5, 5.41) is 9.71. The number of carbonyl (C=O) groups is 1. The van der Waals surface area contributed by atoms with Gasteiger partial charge < -0.3 is 15.2 Å². The highest BCUT2D eigenvalue weighted by atomic mass is 16.5. The molecule has 0 bridgehead atoms. The van der Waals surface area contributed by atoms with Crippen molar-refractivity contribution in [2.75, 3.05) is 5.32 Å². The highest BCUT2D eigenvalue weighted by Gasteiger charge is 2.12. The summed E-state index contributed by atoms with van der Waals surface area (Å²) in [6, 6.07) is 22.3. The first kappa shape index (κ1) is 22.1. The van der Waals surface area contributed by atoms with E-state index in [2.05, 4.69) is 35.7 Å². The van der Waals surface area contributed by atoms with E-state index < -0.39 is 0 Å². The summed E-state index contributed by atoms with van der Waals surface area (Å²) in [6.45, 7) is 0.317. The molecular formula is C27H20N8O2. The Bertz CT molecular complexity index is 1680. The van der Waals surface area contributed by atoms with Gasteiger partial charge >= 0.3 is 6.03 Å². The fraction of sp³-hybridized carbons (Fsp3) is 0.0370. The van der Waals surface area contributed by atoms with E-state index >= 15 is 0 Å². The summed E-state index contributed by atoms with van der Waals surface area (Å²) in [4.78, 5) is 29.8. The van der Waals surface area contributed by atoms with E-state index in [1.54, 1.807) is 31.0 Å². The topological polar surface area (TPSA) is 124 Å². The van der Waals surface area contributed by atoms with Gasteiger partial charge in [0.1, 0.15) is 12.1 Å². The van der Waals surface area contributed by atoms with E-state index in [1.807, 2.05) is 71.3 Å². The Balaban J connectivity index is 1.08. The minimum absolute atomic E-state index is 0.317. The van der Waals surface area contributed by atoms with Crippen molar-refractivity contribution in [3.8, 4) is 28.7 Å². The summed E-state index contributed by atoms with van der Waals surface area (Å²) in [5.41, 5.74) is 4.90. The van der Waals surface area contributed by atoms with Crippen LogP contribution < -0.4 is 10.6 Å². The van der Waals surface area contributed by atoms with Gasteiger partial charge in [-0.2, -0.15) is 4.98 Å². The van der Waals surface area contributed by atoms with Crippen LogP contribution in [0.3, 0.4) is 0 Å².